The largest absolute Gasteiger partial charge is 0.207 e. The van der Waals surface area contributed by atoms with E-state index in [4.69, 9.17) is 0 Å². The number of halogens is 2. The third-order valence-electron chi connectivity index (χ3n) is 5.24. The molecule has 0 aliphatic carbocycles. The van der Waals surface area contributed by atoms with Crippen molar-refractivity contribution in [2.24, 2.45) is 0 Å². The minimum Gasteiger partial charge on any atom is -0.207 e. The van der Waals surface area contributed by atoms with Crippen LogP contribution in [0.4, 0.5) is 8.78 Å². The minimum absolute atomic E-state index is 0.267. The summed E-state index contributed by atoms with van der Waals surface area (Å²) in [5.41, 5.74) is 4.19. The lowest BCUT2D eigenvalue weighted by Crippen LogP contribution is -1.88. The summed E-state index contributed by atoms with van der Waals surface area (Å²) < 4.78 is 28.0. The molecule has 0 amide bonds. The monoisotopic (exact) mass is 408 g/mol. The maximum Gasteiger partial charge on any atom is 0.139 e. The summed E-state index contributed by atoms with van der Waals surface area (Å²) in [6.45, 7) is 2.02. The molecule has 0 nitrogen and oxygen atoms in total. The molecule has 4 rings (SSSR count). The van der Waals surface area contributed by atoms with Crippen molar-refractivity contribution in [3.63, 3.8) is 0 Å². The van der Waals surface area contributed by atoms with Crippen LogP contribution in [0.3, 0.4) is 0 Å². The van der Waals surface area contributed by atoms with Crippen LogP contribution in [0.25, 0.3) is 21.9 Å². The Morgan fingerprint density at radius 3 is 2.26 bits per heavy atom. The molecular formula is C29H22F2. The van der Waals surface area contributed by atoms with Crippen LogP contribution in [0.5, 0.6) is 0 Å². The summed E-state index contributed by atoms with van der Waals surface area (Å²) in [5, 5.41) is 1.71. The fraction of sp³-hybridized carbons (Fsp3) is 0.103. The number of benzene rings is 4. The van der Waals surface area contributed by atoms with Gasteiger partial charge in [-0.05, 0) is 83.6 Å². The lowest BCUT2D eigenvalue weighted by atomic mass is 10.0. The molecule has 31 heavy (non-hydrogen) atoms. The van der Waals surface area contributed by atoms with Crippen molar-refractivity contribution in [3.8, 4) is 23.0 Å². The molecule has 0 radical (unpaired) electrons. The lowest BCUT2D eigenvalue weighted by Gasteiger charge is -2.05. The molecule has 0 saturated heterocycles. The van der Waals surface area contributed by atoms with Crippen molar-refractivity contribution in [1.82, 2.24) is 0 Å². The number of rotatable bonds is 4. The van der Waals surface area contributed by atoms with Crippen molar-refractivity contribution in [3.05, 3.63) is 119 Å². The molecule has 0 aromatic heterocycles. The highest BCUT2D eigenvalue weighted by atomic mass is 19.1. The Morgan fingerprint density at radius 2 is 1.48 bits per heavy atom. The fourth-order valence-corrected chi connectivity index (χ4v) is 3.51. The average molecular weight is 408 g/mol. The SMILES string of the molecule is C/C=C/CCc1ccc(-c2ccc(C#Cc3ccc4cc(F)ccc4c3)c(F)c2)cc1. The van der Waals surface area contributed by atoms with Crippen molar-refractivity contribution in [2.75, 3.05) is 0 Å². The van der Waals surface area contributed by atoms with Crippen LogP contribution in [0.15, 0.2) is 91.0 Å². The van der Waals surface area contributed by atoms with Gasteiger partial charge in [0.05, 0.1) is 5.56 Å². The van der Waals surface area contributed by atoms with Gasteiger partial charge in [0.15, 0.2) is 0 Å². The quantitative estimate of drug-likeness (QED) is 0.240. The van der Waals surface area contributed by atoms with Gasteiger partial charge in [0.25, 0.3) is 0 Å². The highest BCUT2D eigenvalue weighted by molar-refractivity contribution is 5.84. The van der Waals surface area contributed by atoms with Gasteiger partial charge in [-0.2, -0.15) is 0 Å². The second kappa shape index (κ2) is 9.41. The Labute approximate surface area is 181 Å². The first kappa shape index (κ1) is 20.6. The van der Waals surface area contributed by atoms with E-state index in [-0.39, 0.29) is 11.6 Å². The highest BCUT2D eigenvalue weighted by Gasteiger charge is 2.04. The standard InChI is InChI=1S/C29H22F2/c1-2-3-4-5-21-6-10-23(11-7-21)27-15-14-24(29(31)20-27)12-8-22-9-13-26-19-28(30)17-16-25(26)18-22/h2-3,6-7,9-11,13-20H,4-5H2,1H3/b3-2+. The molecule has 0 atom stereocenters. The molecular weight excluding hydrogens is 386 g/mol. The zero-order valence-corrected chi connectivity index (χ0v) is 17.3. The molecule has 0 unspecified atom stereocenters. The first-order valence-electron chi connectivity index (χ1n) is 10.3. The number of hydrogen-bond acceptors (Lipinski definition) is 0. The summed E-state index contributed by atoms with van der Waals surface area (Å²) in [4.78, 5) is 0. The van der Waals surface area contributed by atoms with E-state index in [1.807, 2.05) is 43.3 Å². The molecule has 0 aliphatic heterocycles. The van der Waals surface area contributed by atoms with E-state index in [2.05, 4.69) is 36.1 Å². The predicted octanol–water partition coefficient (Wildman–Crippen LogP) is 7.69. The third-order valence-corrected chi connectivity index (χ3v) is 5.24. The van der Waals surface area contributed by atoms with Gasteiger partial charge >= 0.3 is 0 Å². The molecule has 0 aliphatic rings. The first-order chi connectivity index (χ1) is 15.1. The van der Waals surface area contributed by atoms with Gasteiger partial charge in [0.1, 0.15) is 11.6 Å². The van der Waals surface area contributed by atoms with Crippen LogP contribution < -0.4 is 0 Å². The Kier molecular flexibility index (Phi) is 6.24. The lowest BCUT2D eigenvalue weighted by molar-refractivity contribution is 0.625. The van der Waals surface area contributed by atoms with Gasteiger partial charge in [-0.3, -0.25) is 0 Å². The van der Waals surface area contributed by atoms with Gasteiger partial charge in [-0.15, -0.1) is 0 Å². The zero-order chi connectivity index (χ0) is 21.6. The number of fused-ring (bicyclic) bond motifs is 1. The van der Waals surface area contributed by atoms with Crippen molar-refractivity contribution >= 4 is 10.8 Å². The van der Waals surface area contributed by atoms with Gasteiger partial charge in [-0.25, -0.2) is 8.78 Å². The van der Waals surface area contributed by atoms with Gasteiger partial charge in [0, 0.05) is 5.56 Å². The second-order valence-corrected chi connectivity index (χ2v) is 7.46. The molecule has 0 heterocycles. The van der Waals surface area contributed by atoms with E-state index in [9.17, 15) is 8.78 Å². The highest BCUT2D eigenvalue weighted by Crippen LogP contribution is 2.23. The van der Waals surface area contributed by atoms with Crippen LogP contribution in [0.1, 0.15) is 30.0 Å². The van der Waals surface area contributed by atoms with Crippen LogP contribution in [0.2, 0.25) is 0 Å². The Balaban J connectivity index is 1.52. The molecule has 0 spiro atoms. The summed E-state index contributed by atoms with van der Waals surface area (Å²) in [5.74, 6) is 5.32. The van der Waals surface area contributed by atoms with Crippen LogP contribution in [-0.2, 0) is 6.42 Å². The van der Waals surface area contributed by atoms with Crippen LogP contribution >= 0.6 is 0 Å². The van der Waals surface area contributed by atoms with E-state index >= 15 is 0 Å². The topological polar surface area (TPSA) is 0 Å². The molecule has 2 heteroatoms. The van der Waals surface area contributed by atoms with E-state index in [0.717, 1.165) is 40.3 Å². The summed E-state index contributed by atoms with van der Waals surface area (Å²) in [6.07, 6.45) is 6.23. The van der Waals surface area contributed by atoms with Gasteiger partial charge in [-0.1, -0.05) is 66.5 Å². The van der Waals surface area contributed by atoms with E-state index < -0.39 is 0 Å². The van der Waals surface area contributed by atoms with E-state index in [1.54, 1.807) is 12.1 Å². The van der Waals surface area contributed by atoms with Gasteiger partial charge < -0.3 is 0 Å². The molecule has 4 aromatic carbocycles. The number of allylic oxidation sites excluding steroid dienone is 2. The first-order valence-corrected chi connectivity index (χ1v) is 10.3. The van der Waals surface area contributed by atoms with Crippen molar-refractivity contribution < 1.29 is 8.78 Å². The molecule has 0 N–H and O–H groups in total. The van der Waals surface area contributed by atoms with Gasteiger partial charge in [0.2, 0.25) is 0 Å². The summed E-state index contributed by atoms with van der Waals surface area (Å²) in [6, 6.07) is 23.5. The number of hydrogen-bond donors (Lipinski definition) is 0. The molecule has 152 valence electrons. The summed E-state index contributed by atoms with van der Waals surface area (Å²) in [7, 11) is 0. The third kappa shape index (κ3) is 5.08. The average Bonchev–Trinajstić information content (AvgIpc) is 2.79. The van der Waals surface area contributed by atoms with Crippen LogP contribution in [-0.4, -0.2) is 0 Å². The Hall–Kier alpha value is -3.70. The molecule has 0 saturated carbocycles. The number of aryl methyl sites for hydroxylation is 1. The van der Waals surface area contributed by atoms with Crippen molar-refractivity contribution in [1.29, 1.82) is 0 Å². The normalized spacial score (nSPS) is 10.9. The molecule has 4 aromatic rings. The molecule has 0 bridgehead atoms. The zero-order valence-electron chi connectivity index (χ0n) is 17.3. The summed E-state index contributed by atoms with van der Waals surface area (Å²) >= 11 is 0. The van der Waals surface area contributed by atoms with Crippen LogP contribution in [0, 0.1) is 23.5 Å². The van der Waals surface area contributed by atoms with E-state index in [1.165, 1.54) is 23.8 Å². The minimum atomic E-state index is -0.343. The molecule has 0 fully saturated rings. The maximum absolute atomic E-state index is 14.7. The Bertz CT molecular complexity index is 1300. The smallest absolute Gasteiger partial charge is 0.139 e. The Morgan fingerprint density at radius 1 is 0.742 bits per heavy atom. The van der Waals surface area contributed by atoms with E-state index in [0.29, 0.717) is 5.56 Å². The van der Waals surface area contributed by atoms with Crippen molar-refractivity contribution in [2.45, 2.75) is 19.8 Å². The predicted molar refractivity (Wildman–Crippen MR) is 125 cm³/mol. The maximum atomic E-state index is 14.7. The second-order valence-electron chi connectivity index (χ2n) is 7.46. The fourth-order valence-electron chi connectivity index (χ4n) is 3.51.